The molecule has 2 aromatic rings. The summed E-state index contributed by atoms with van der Waals surface area (Å²) in [7, 11) is 0. The van der Waals surface area contributed by atoms with Crippen LogP contribution >= 0.6 is 23.8 Å². The van der Waals surface area contributed by atoms with Crippen molar-refractivity contribution in [1.82, 2.24) is 5.32 Å². The van der Waals surface area contributed by atoms with E-state index in [-0.39, 0.29) is 17.4 Å². The summed E-state index contributed by atoms with van der Waals surface area (Å²) in [5.41, 5.74) is 1.60. The normalized spacial score (nSPS) is 10.2. The zero-order valence-electron chi connectivity index (χ0n) is 14.0. The highest BCUT2D eigenvalue weighted by Gasteiger charge is 2.09. The summed E-state index contributed by atoms with van der Waals surface area (Å²) in [5, 5.41) is 6.58. The average Bonchev–Trinajstić information content (AvgIpc) is 2.58. The maximum Gasteiger partial charge on any atom is 0.230 e. The van der Waals surface area contributed by atoms with Crippen LogP contribution < -0.4 is 15.4 Å². The van der Waals surface area contributed by atoms with Crippen LogP contribution in [0, 0.1) is 0 Å². The molecule has 132 valence electrons. The lowest BCUT2D eigenvalue weighted by atomic mass is 10.1. The van der Waals surface area contributed by atoms with E-state index in [0.29, 0.717) is 17.4 Å². The molecule has 4 nitrogen and oxygen atoms in total. The summed E-state index contributed by atoms with van der Waals surface area (Å²) < 4.78 is 5.74. The van der Waals surface area contributed by atoms with E-state index in [2.05, 4.69) is 17.6 Å². The maximum atomic E-state index is 12.1. The molecule has 0 bridgehead atoms. The van der Waals surface area contributed by atoms with Crippen LogP contribution in [0.5, 0.6) is 5.75 Å². The largest absolute Gasteiger partial charge is 0.491 e. The van der Waals surface area contributed by atoms with Crippen molar-refractivity contribution in [2.75, 3.05) is 11.9 Å². The molecule has 25 heavy (non-hydrogen) atoms. The van der Waals surface area contributed by atoms with Crippen LogP contribution in [0.2, 0.25) is 5.02 Å². The Hall–Kier alpha value is -2.11. The van der Waals surface area contributed by atoms with Crippen molar-refractivity contribution in [2.45, 2.75) is 26.2 Å². The van der Waals surface area contributed by atoms with E-state index >= 15 is 0 Å². The molecule has 0 aliphatic rings. The number of para-hydroxylation sites is 2. The highest BCUT2D eigenvalue weighted by atomic mass is 35.5. The van der Waals surface area contributed by atoms with Gasteiger partial charge in [-0.1, -0.05) is 49.2 Å². The second kappa shape index (κ2) is 10.0. The number of benzene rings is 2. The molecule has 0 unspecified atom stereocenters. The Morgan fingerprint density at radius 1 is 1.16 bits per heavy atom. The number of carbonyl (C=O) groups excluding carboxylic acids is 1. The quantitative estimate of drug-likeness (QED) is 0.548. The van der Waals surface area contributed by atoms with Crippen LogP contribution in [0.4, 0.5) is 5.69 Å². The van der Waals surface area contributed by atoms with E-state index < -0.39 is 0 Å². The lowest BCUT2D eigenvalue weighted by molar-refractivity contribution is -0.119. The lowest BCUT2D eigenvalue weighted by Crippen LogP contribution is -2.35. The van der Waals surface area contributed by atoms with Gasteiger partial charge in [-0.15, -0.1) is 0 Å². The summed E-state index contributed by atoms with van der Waals surface area (Å²) in [5.74, 6) is 0.523. The second-order valence-electron chi connectivity index (χ2n) is 5.50. The zero-order valence-corrected chi connectivity index (χ0v) is 15.6. The molecule has 1 amide bonds. The molecule has 0 aromatic heterocycles. The molecule has 2 rings (SSSR count). The van der Waals surface area contributed by atoms with Gasteiger partial charge in [0.05, 0.1) is 18.7 Å². The molecule has 0 aliphatic heterocycles. The number of hydrogen-bond donors (Lipinski definition) is 2. The fourth-order valence-electron chi connectivity index (χ4n) is 2.13. The Morgan fingerprint density at radius 2 is 1.88 bits per heavy atom. The lowest BCUT2D eigenvalue weighted by Gasteiger charge is -2.14. The molecule has 0 radical (unpaired) electrons. The van der Waals surface area contributed by atoms with Gasteiger partial charge in [-0.2, -0.15) is 0 Å². The molecule has 0 aliphatic carbocycles. The van der Waals surface area contributed by atoms with Crippen LogP contribution in [0.1, 0.15) is 25.3 Å². The highest BCUT2D eigenvalue weighted by Crippen LogP contribution is 2.23. The van der Waals surface area contributed by atoms with Crippen molar-refractivity contribution in [3.8, 4) is 5.75 Å². The molecule has 0 spiro atoms. The summed E-state index contributed by atoms with van der Waals surface area (Å²) in [4.78, 5) is 12.1. The van der Waals surface area contributed by atoms with Crippen LogP contribution in [-0.2, 0) is 11.2 Å². The first-order valence-corrected chi connectivity index (χ1v) is 8.94. The molecule has 0 heterocycles. The number of ether oxygens (including phenoxy) is 1. The summed E-state index contributed by atoms with van der Waals surface area (Å²) in [6.45, 7) is 2.75. The maximum absolute atomic E-state index is 12.1. The zero-order chi connectivity index (χ0) is 18.1. The van der Waals surface area contributed by atoms with Crippen LogP contribution in [0.3, 0.4) is 0 Å². The van der Waals surface area contributed by atoms with Gasteiger partial charge in [0, 0.05) is 5.02 Å². The molecule has 0 atom stereocenters. The number of rotatable bonds is 7. The first-order valence-electron chi connectivity index (χ1n) is 8.15. The van der Waals surface area contributed by atoms with Crippen molar-refractivity contribution in [3.05, 3.63) is 59.1 Å². The number of nitrogens with one attached hydrogen (secondary N) is 2. The topological polar surface area (TPSA) is 50.4 Å². The third kappa shape index (κ3) is 6.72. The van der Waals surface area contributed by atoms with Crippen molar-refractivity contribution in [2.24, 2.45) is 0 Å². The van der Waals surface area contributed by atoms with Crippen molar-refractivity contribution in [1.29, 1.82) is 0 Å². The van der Waals surface area contributed by atoms with E-state index in [1.807, 2.05) is 36.4 Å². The van der Waals surface area contributed by atoms with Gasteiger partial charge in [-0.25, -0.2) is 0 Å². The third-order valence-electron chi connectivity index (χ3n) is 3.42. The monoisotopic (exact) mass is 376 g/mol. The van der Waals surface area contributed by atoms with E-state index in [4.69, 9.17) is 28.6 Å². The Bertz CT molecular complexity index is 720. The van der Waals surface area contributed by atoms with Crippen LogP contribution in [0.15, 0.2) is 48.5 Å². The average molecular weight is 377 g/mol. The molecule has 2 N–H and O–H groups in total. The van der Waals surface area contributed by atoms with Crippen molar-refractivity contribution < 1.29 is 9.53 Å². The smallest absolute Gasteiger partial charge is 0.230 e. The Labute approximate surface area is 158 Å². The minimum absolute atomic E-state index is 0.191. The predicted molar refractivity (Wildman–Crippen MR) is 106 cm³/mol. The van der Waals surface area contributed by atoms with Gasteiger partial charge in [-0.05, 0) is 48.5 Å². The summed E-state index contributed by atoms with van der Waals surface area (Å²) in [6, 6.07) is 14.6. The SMILES string of the molecule is CCCCOc1ccccc1NC(=S)NC(=O)Cc1ccc(Cl)cc1. The number of thiocarbonyl (C=S) groups is 1. The second-order valence-corrected chi connectivity index (χ2v) is 6.35. The molecular formula is C19H21ClN2O2S. The number of unbranched alkanes of at least 4 members (excludes halogenated alkanes) is 1. The van der Waals surface area contributed by atoms with E-state index in [1.165, 1.54) is 0 Å². The van der Waals surface area contributed by atoms with Gasteiger partial charge in [0.1, 0.15) is 5.75 Å². The van der Waals surface area contributed by atoms with Gasteiger partial charge in [0.15, 0.2) is 5.11 Å². The Kier molecular flexibility index (Phi) is 7.70. The molecule has 0 fully saturated rings. The van der Waals surface area contributed by atoms with E-state index in [0.717, 1.165) is 24.1 Å². The Balaban J connectivity index is 1.89. The number of hydrogen-bond acceptors (Lipinski definition) is 3. The minimum atomic E-state index is -0.191. The fourth-order valence-corrected chi connectivity index (χ4v) is 2.48. The van der Waals surface area contributed by atoms with E-state index in [9.17, 15) is 4.79 Å². The van der Waals surface area contributed by atoms with Gasteiger partial charge < -0.3 is 15.4 Å². The highest BCUT2D eigenvalue weighted by molar-refractivity contribution is 7.80. The van der Waals surface area contributed by atoms with Crippen molar-refractivity contribution >= 4 is 40.5 Å². The van der Waals surface area contributed by atoms with Crippen LogP contribution in [0.25, 0.3) is 0 Å². The van der Waals surface area contributed by atoms with Gasteiger partial charge >= 0.3 is 0 Å². The first-order chi connectivity index (χ1) is 12.1. The summed E-state index contributed by atoms with van der Waals surface area (Å²) in [6.07, 6.45) is 2.28. The van der Waals surface area contributed by atoms with Gasteiger partial charge in [0.25, 0.3) is 0 Å². The van der Waals surface area contributed by atoms with Gasteiger partial charge in [0.2, 0.25) is 5.91 Å². The number of anilines is 1. The minimum Gasteiger partial charge on any atom is -0.491 e. The van der Waals surface area contributed by atoms with Gasteiger partial charge in [-0.3, -0.25) is 4.79 Å². The van der Waals surface area contributed by atoms with Crippen molar-refractivity contribution in [3.63, 3.8) is 0 Å². The summed E-state index contributed by atoms with van der Waals surface area (Å²) >= 11 is 11.1. The Morgan fingerprint density at radius 3 is 2.60 bits per heavy atom. The first kappa shape index (κ1) is 19.2. The number of amides is 1. The van der Waals surface area contributed by atoms with E-state index in [1.54, 1.807) is 12.1 Å². The number of carbonyl (C=O) groups is 1. The predicted octanol–water partition coefficient (Wildman–Crippen LogP) is 4.57. The molecule has 6 heteroatoms. The molecule has 2 aromatic carbocycles. The van der Waals surface area contributed by atoms with Crippen LogP contribution in [-0.4, -0.2) is 17.6 Å². The third-order valence-corrected chi connectivity index (χ3v) is 3.88. The molecule has 0 saturated carbocycles. The standard InChI is InChI=1S/C19H21ClN2O2S/c1-2-3-12-24-17-7-5-4-6-16(17)21-19(25)22-18(23)13-14-8-10-15(20)11-9-14/h4-11H,2-3,12-13H2,1H3,(H2,21,22,23,25). The number of halogens is 1. The molecule has 0 saturated heterocycles. The fraction of sp³-hybridized carbons (Fsp3) is 0.263. The molecular weight excluding hydrogens is 356 g/mol.